The third-order valence-corrected chi connectivity index (χ3v) is 4.50. The Balaban J connectivity index is 1.68. The lowest BCUT2D eigenvalue weighted by molar-refractivity contribution is -0.137. The Bertz CT molecular complexity index is 673. The number of hydrogen-bond donors (Lipinski definition) is 1. The molecule has 0 spiro atoms. The van der Waals surface area contributed by atoms with Crippen molar-refractivity contribution in [2.24, 2.45) is 5.92 Å². The second-order valence-electron chi connectivity index (χ2n) is 5.56. The van der Waals surface area contributed by atoms with E-state index in [0.717, 1.165) is 25.9 Å². The highest BCUT2D eigenvalue weighted by Gasteiger charge is 2.41. The summed E-state index contributed by atoms with van der Waals surface area (Å²) >= 11 is 0. The molecule has 7 nitrogen and oxygen atoms in total. The molecule has 0 aromatic carbocycles. The van der Waals surface area contributed by atoms with Crippen molar-refractivity contribution in [3.63, 3.8) is 0 Å². The van der Waals surface area contributed by atoms with Crippen LogP contribution < -0.4 is 5.73 Å². The highest BCUT2D eigenvalue weighted by molar-refractivity contribution is 5.88. The van der Waals surface area contributed by atoms with Crippen LogP contribution in [0.4, 0.5) is 5.82 Å². The molecule has 3 aliphatic rings. The predicted octanol–water partition coefficient (Wildman–Crippen LogP) is 0.0718. The third-order valence-electron chi connectivity index (χ3n) is 4.50. The Kier molecular flexibility index (Phi) is 2.50. The summed E-state index contributed by atoms with van der Waals surface area (Å²) < 4.78 is 1.91. The number of rotatable bonds is 2. The topological polar surface area (TPSA) is 89.9 Å². The van der Waals surface area contributed by atoms with Crippen LogP contribution in [0.3, 0.4) is 0 Å². The number of Topliss-reactive ketones (excluding diaryl/α,β-unsaturated/α-hetero) is 1. The molecule has 104 valence electrons. The SMILES string of the molecule is Nc1ncnc2c1ncn2CC1C(=O)C2CCN1CC2. The largest absolute Gasteiger partial charge is 0.382 e. The summed E-state index contributed by atoms with van der Waals surface area (Å²) in [6, 6.07) is -0.0453. The lowest BCUT2D eigenvalue weighted by Crippen LogP contribution is -2.56. The van der Waals surface area contributed by atoms with Crippen molar-refractivity contribution in [3.8, 4) is 0 Å². The van der Waals surface area contributed by atoms with Crippen LogP contribution in [-0.4, -0.2) is 49.3 Å². The number of hydrogen-bond acceptors (Lipinski definition) is 6. The molecule has 3 aliphatic heterocycles. The number of aromatic nitrogens is 4. The van der Waals surface area contributed by atoms with E-state index in [9.17, 15) is 4.79 Å². The maximum atomic E-state index is 12.4. The molecule has 1 unspecified atom stereocenters. The maximum absolute atomic E-state index is 12.4. The Hall–Kier alpha value is -2.02. The first-order chi connectivity index (χ1) is 9.74. The Morgan fingerprint density at radius 3 is 2.80 bits per heavy atom. The standard InChI is InChI=1S/C13H16N6O/c14-12-10-13(16-6-15-12)19(7-17-10)5-9-11(20)8-1-3-18(9)4-2-8/h6-9H,1-5H2,(H2,14,15,16). The van der Waals surface area contributed by atoms with Gasteiger partial charge in [-0.2, -0.15) is 0 Å². The molecular formula is C13H16N6O. The van der Waals surface area contributed by atoms with E-state index in [1.54, 1.807) is 6.33 Å². The van der Waals surface area contributed by atoms with E-state index in [-0.39, 0.29) is 12.0 Å². The zero-order valence-corrected chi connectivity index (χ0v) is 11.1. The summed E-state index contributed by atoms with van der Waals surface area (Å²) in [5, 5.41) is 0. The van der Waals surface area contributed by atoms with Crippen LogP contribution in [0, 0.1) is 5.92 Å². The van der Waals surface area contributed by atoms with E-state index in [2.05, 4.69) is 19.9 Å². The van der Waals surface area contributed by atoms with E-state index in [4.69, 9.17) is 5.73 Å². The number of ketones is 1. The summed E-state index contributed by atoms with van der Waals surface area (Å²) in [4.78, 5) is 27.1. The highest BCUT2D eigenvalue weighted by Crippen LogP contribution is 2.30. The van der Waals surface area contributed by atoms with Crippen molar-refractivity contribution in [3.05, 3.63) is 12.7 Å². The van der Waals surface area contributed by atoms with Crippen LogP contribution >= 0.6 is 0 Å². The van der Waals surface area contributed by atoms with Crippen LogP contribution in [0.5, 0.6) is 0 Å². The van der Waals surface area contributed by atoms with Gasteiger partial charge >= 0.3 is 0 Å². The van der Waals surface area contributed by atoms with Crippen molar-refractivity contribution >= 4 is 22.8 Å². The second-order valence-corrected chi connectivity index (χ2v) is 5.56. The fourth-order valence-corrected chi connectivity index (χ4v) is 3.37. The molecule has 2 aromatic rings. The smallest absolute Gasteiger partial charge is 0.165 e. The molecule has 5 rings (SSSR count). The van der Waals surface area contributed by atoms with E-state index >= 15 is 0 Å². The number of imidazole rings is 1. The van der Waals surface area contributed by atoms with Crippen LogP contribution in [0.15, 0.2) is 12.7 Å². The number of carbonyl (C=O) groups excluding carboxylic acids is 1. The zero-order chi connectivity index (χ0) is 13.7. The molecule has 2 bridgehead atoms. The quantitative estimate of drug-likeness (QED) is 0.832. The number of piperidine rings is 3. The molecule has 7 heteroatoms. The van der Waals surface area contributed by atoms with Crippen LogP contribution in [0.25, 0.3) is 11.2 Å². The minimum absolute atomic E-state index is 0.0453. The van der Waals surface area contributed by atoms with Crippen LogP contribution in [-0.2, 0) is 11.3 Å². The first-order valence-electron chi connectivity index (χ1n) is 6.93. The second kappa shape index (κ2) is 4.24. The van der Waals surface area contributed by atoms with Gasteiger partial charge in [0.15, 0.2) is 17.2 Å². The van der Waals surface area contributed by atoms with Crippen molar-refractivity contribution in [1.29, 1.82) is 0 Å². The molecule has 5 heterocycles. The number of nitrogens with zero attached hydrogens (tertiary/aromatic N) is 5. The minimum Gasteiger partial charge on any atom is -0.382 e. The van der Waals surface area contributed by atoms with Gasteiger partial charge in [-0.1, -0.05) is 0 Å². The van der Waals surface area contributed by atoms with Gasteiger partial charge in [-0.05, 0) is 25.9 Å². The number of nitrogens with two attached hydrogens (primary N) is 1. The van der Waals surface area contributed by atoms with Gasteiger partial charge in [0.2, 0.25) is 0 Å². The first-order valence-corrected chi connectivity index (χ1v) is 6.93. The lowest BCUT2D eigenvalue weighted by Gasteiger charge is -2.44. The molecule has 2 aromatic heterocycles. The van der Waals surface area contributed by atoms with Gasteiger partial charge in [-0.3, -0.25) is 9.69 Å². The molecule has 3 fully saturated rings. The summed E-state index contributed by atoms with van der Waals surface area (Å²) in [5.41, 5.74) is 7.10. The Morgan fingerprint density at radius 2 is 2.05 bits per heavy atom. The molecule has 0 amide bonds. The summed E-state index contributed by atoms with van der Waals surface area (Å²) in [7, 11) is 0. The van der Waals surface area contributed by atoms with Gasteiger partial charge < -0.3 is 10.3 Å². The average Bonchev–Trinajstić information content (AvgIpc) is 2.88. The monoisotopic (exact) mass is 272 g/mol. The molecule has 20 heavy (non-hydrogen) atoms. The molecule has 1 atom stereocenters. The summed E-state index contributed by atoms with van der Waals surface area (Å²) in [5.74, 6) is 0.997. The van der Waals surface area contributed by atoms with E-state index in [0.29, 0.717) is 29.3 Å². The average molecular weight is 272 g/mol. The van der Waals surface area contributed by atoms with Crippen molar-refractivity contribution in [2.75, 3.05) is 18.8 Å². The summed E-state index contributed by atoms with van der Waals surface area (Å²) in [6.07, 6.45) is 5.15. The van der Waals surface area contributed by atoms with Crippen molar-refractivity contribution in [2.45, 2.75) is 25.4 Å². The lowest BCUT2D eigenvalue weighted by atomic mass is 9.82. The van der Waals surface area contributed by atoms with Gasteiger partial charge in [-0.25, -0.2) is 15.0 Å². The normalized spacial score (nSPS) is 29.2. The van der Waals surface area contributed by atoms with Crippen LogP contribution in [0.2, 0.25) is 0 Å². The number of anilines is 1. The van der Waals surface area contributed by atoms with E-state index < -0.39 is 0 Å². The van der Waals surface area contributed by atoms with Gasteiger partial charge in [0.1, 0.15) is 11.8 Å². The highest BCUT2D eigenvalue weighted by atomic mass is 16.1. The predicted molar refractivity (Wildman–Crippen MR) is 72.8 cm³/mol. The van der Waals surface area contributed by atoms with Gasteiger partial charge in [0.25, 0.3) is 0 Å². The van der Waals surface area contributed by atoms with Gasteiger partial charge in [0.05, 0.1) is 12.4 Å². The van der Waals surface area contributed by atoms with Gasteiger partial charge in [0, 0.05) is 12.5 Å². The maximum Gasteiger partial charge on any atom is 0.165 e. The van der Waals surface area contributed by atoms with Crippen molar-refractivity contribution in [1.82, 2.24) is 24.4 Å². The van der Waals surface area contributed by atoms with E-state index in [1.165, 1.54) is 6.33 Å². The molecular weight excluding hydrogens is 256 g/mol. The van der Waals surface area contributed by atoms with E-state index in [1.807, 2.05) is 4.57 Å². The fourth-order valence-electron chi connectivity index (χ4n) is 3.37. The Morgan fingerprint density at radius 1 is 1.25 bits per heavy atom. The number of carbonyl (C=O) groups is 1. The van der Waals surface area contributed by atoms with Crippen molar-refractivity contribution < 1.29 is 4.79 Å². The van der Waals surface area contributed by atoms with Crippen LogP contribution in [0.1, 0.15) is 12.8 Å². The first kappa shape index (κ1) is 11.8. The molecule has 0 radical (unpaired) electrons. The molecule has 0 saturated carbocycles. The minimum atomic E-state index is -0.0453. The third kappa shape index (κ3) is 1.62. The molecule has 0 aliphatic carbocycles. The molecule has 2 N–H and O–H groups in total. The fraction of sp³-hybridized carbons (Fsp3) is 0.538. The number of fused-ring (bicyclic) bond motifs is 4. The molecule has 3 saturated heterocycles. The Labute approximate surface area is 115 Å². The van der Waals surface area contributed by atoms with Gasteiger partial charge in [-0.15, -0.1) is 0 Å². The number of nitrogen functional groups attached to an aromatic ring is 1. The zero-order valence-electron chi connectivity index (χ0n) is 11.1. The summed E-state index contributed by atoms with van der Waals surface area (Å²) in [6.45, 7) is 2.64.